The van der Waals surface area contributed by atoms with E-state index in [1.54, 1.807) is 4.90 Å². The minimum atomic E-state index is -0.0114. The minimum absolute atomic E-state index is 0.0114. The van der Waals surface area contributed by atoms with E-state index in [1.165, 1.54) is 11.8 Å². The summed E-state index contributed by atoms with van der Waals surface area (Å²) < 4.78 is 5.78. The molecule has 1 heterocycles. The van der Waals surface area contributed by atoms with E-state index in [0.29, 0.717) is 16.7 Å². The average molecular weight is 417 g/mol. The lowest BCUT2D eigenvalue weighted by Crippen LogP contribution is -2.35. The van der Waals surface area contributed by atoms with E-state index in [0.717, 1.165) is 27.8 Å². The second-order valence-electron chi connectivity index (χ2n) is 7.24. The Balaban J connectivity index is 1.77. The molecule has 0 spiro atoms. The largest absolute Gasteiger partial charge is 0.493 e. The third-order valence-electron chi connectivity index (χ3n) is 4.84. The summed E-state index contributed by atoms with van der Waals surface area (Å²) in [6.07, 6.45) is 1.97. The van der Waals surface area contributed by atoms with E-state index in [2.05, 4.69) is 12.1 Å². The predicted octanol–water partition coefficient (Wildman–Crippen LogP) is 6.25. The van der Waals surface area contributed by atoms with Gasteiger partial charge >= 0.3 is 0 Å². The highest BCUT2D eigenvalue weighted by Gasteiger charge is 2.35. The molecular weight excluding hydrogens is 392 g/mol. The van der Waals surface area contributed by atoms with E-state index in [9.17, 15) is 4.79 Å². The zero-order valence-electron chi connectivity index (χ0n) is 17.3. The van der Waals surface area contributed by atoms with E-state index in [1.807, 2.05) is 81.4 Å². The van der Waals surface area contributed by atoms with Gasteiger partial charge in [0.2, 0.25) is 0 Å². The SMILES string of the molecule is CCOc1ccc(/C=C2/SC(=Nc3ccccc3)N(C(C)C)C2=O)c2ccccc12. The topological polar surface area (TPSA) is 41.9 Å². The summed E-state index contributed by atoms with van der Waals surface area (Å²) in [4.78, 5) is 20.4. The van der Waals surface area contributed by atoms with Crippen molar-refractivity contribution in [3.05, 3.63) is 77.2 Å². The van der Waals surface area contributed by atoms with E-state index >= 15 is 0 Å². The minimum Gasteiger partial charge on any atom is -0.493 e. The molecule has 5 heteroatoms. The molecule has 30 heavy (non-hydrogen) atoms. The van der Waals surface area contributed by atoms with Crippen LogP contribution in [0.5, 0.6) is 5.75 Å². The molecule has 0 aromatic heterocycles. The third-order valence-corrected chi connectivity index (χ3v) is 5.82. The molecule has 0 N–H and O–H groups in total. The number of rotatable bonds is 5. The van der Waals surface area contributed by atoms with Gasteiger partial charge in [-0.05, 0) is 67.8 Å². The van der Waals surface area contributed by atoms with Crippen LogP contribution in [0.15, 0.2) is 76.6 Å². The molecule has 0 aliphatic carbocycles. The van der Waals surface area contributed by atoms with Gasteiger partial charge in [0.25, 0.3) is 5.91 Å². The first-order valence-corrected chi connectivity index (χ1v) is 10.9. The van der Waals surface area contributed by atoms with Crippen LogP contribution < -0.4 is 4.74 Å². The number of hydrogen-bond donors (Lipinski definition) is 0. The number of carbonyl (C=O) groups excluding carboxylic acids is 1. The molecule has 1 saturated heterocycles. The average Bonchev–Trinajstić information content (AvgIpc) is 3.05. The summed E-state index contributed by atoms with van der Waals surface area (Å²) in [6, 6.07) is 21.9. The number of thioether (sulfide) groups is 1. The molecule has 1 fully saturated rings. The van der Waals surface area contributed by atoms with Crippen LogP contribution in [-0.2, 0) is 4.79 Å². The molecule has 0 radical (unpaired) electrons. The molecule has 4 nitrogen and oxygen atoms in total. The number of carbonyl (C=O) groups is 1. The van der Waals surface area contributed by atoms with Gasteiger partial charge in [-0.2, -0.15) is 0 Å². The van der Waals surface area contributed by atoms with Crippen LogP contribution in [0.3, 0.4) is 0 Å². The van der Waals surface area contributed by atoms with Crippen LogP contribution in [0.25, 0.3) is 16.8 Å². The van der Waals surface area contributed by atoms with Gasteiger partial charge in [-0.15, -0.1) is 0 Å². The highest BCUT2D eigenvalue weighted by molar-refractivity contribution is 8.18. The Kier molecular flexibility index (Phi) is 5.91. The highest BCUT2D eigenvalue weighted by atomic mass is 32.2. The Hall–Kier alpha value is -3.05. The van der Waals surface area contributed by atoms with Crippen LogP contribution >= 0.6 is 11.8 Å². The van der Waals surface area contributed by atoms with Gasteiger partial charge in [0.05, 0.1) is 17.2 Å². The molecular formula is C25H24N2O2S. The Bertz CT molecular complexity index is 1140. The number of benzene rings is 3. The Morgan fingerprint density at radius 2 is 1.70 bits per heavy atom. The van der Waals surface area contributed by atoms with Crippen LogP contribution in [0, 0.1) is 0 Å². The summed E-state index contributed by atoms with van der Waals surface area (Å²) in [5, 5.41) is 2.82. The van der Waals surface area contributed by atoms with Crippen molar-refractivity contribution in [2.45, 2.75) is 26.8 Å². The Morgan fingerprint density at radius 1 is 1.00 bits per heavy atom. The molecule has 1 amide bonds. The number of nitrogens with zero attached hydrogens (tertiary/aromatic N) is 2. The third kappa shape index (κ3) is 3.98. The number of amidine groups is 1. The normalized spacial score (nSPS) is 16.9. The highest BCUT2D eigenvalue weighted by Crippen LogP contribution is 2.37. The zero-order valence-corrected chi connectivity index (χ0v) is 18.1. The number of para-hydroxylation sites is 1. The second-order valence-corrected chi connectivity index (χ2v) is 8.25. The van der Waals surface area contributed by atoms with E-state index < -0.39 is 0 Å². The van der Waals surface area contributed by atoms with Gasteiger partial charge in [-0.25, -0.2) is 4.99 Å². The van der Waals surface area contributed by atoms with Crippen molar-refractivity contribution in [1.82, 2.24) is 4.90 Å². The molecule has 1 aliphatic rings. The van der Waals surface area contributed by atoms with Gasteiger partial charge in [0, 0.05) is 11.4 Å². The maximum atomic E-state index is 13.2. The van der Waals surface area contributed by atoms with Crippen molar-refractivity contribution in [2.75, 3.05) is 6.61 Å². The molecule has 0 saturated carbocycles. The molecule has 0 unspecified atom stereocenters. The van der Waals surface area contributed by atoms with Crippen molar-refractivity contribution in [3.63, 3.8) is 0 Å². The summed E-state index contributed by atoms with van der Waals surface area (Å²) >= 11 is 1.42. The Labute approximate surface area is 181 Å². The van der Waals surface area contributed by atoms with Gasteiger partial charge < -0.3 is 4.74 Å². The quantitative estimate of drug-likeness (QED) is 0.462. The molecule has 1 aliphatic heterocycles. The lowest BCUT2D eigenvalue weighted by molar-refractivity contribution is -0.123. The van der Waals surface area contributed by atoms with Gasteiger partial charge in [-0.1, -0.05) is 48.5 Å². The van der Waals surface area contributed by atoms with Crippen molar-refractivity contribution < 1.29 is 9.53 Å². The van der Waals surface area contributed by atoms with Crippen LogP contribution in [-0.4, -0.2) is 28.6 Å². The van der Waals surface area contributed by atoms with Crippen LogP contribution in [0.1, 0.15) is 26.3 Å². The lowest BCUT2D eigenvalue weighted by Gasteiger charge is -2.19. The predicted molar refractivity (Wildman–Crippen MR) is 126 cm³/mol. The zero-order chi connectivity index (χ0) is 21.1. The molecule has 3 aromatic carbocycles. The first kappa shape index (κ1) is 20.2. The van der Waals surface area contributed by atoms with E-state index in [4.69, 9.17) is 9.73 Å². The number of fused-ring (bicyclic) bond motifs is 1. The molecule has 0 bridgehead atoms. The summed E-state index contributed by atoms with van der Waals surface area (Å²) in [5.74, 6) is 0.846. The number of hydrogen-bond acceptors (Lipinski definition) is 4. The molecule has 3 aromatic rings. The van der Waals surface area contributed by atoms with Crippen molar-refractivity contribution in [1.29, 1.82) is 0 Å². The molecule has 152 valence electrons. The molecule has 4 rings (SSSR count). The fourth-order valence-electron chi connectivity index (χ4n) is 3.48. The van der Waals surface area contributed by atoms with Gasteiger partial charge in [0.15, 0.2) is 5.17 Å². The first-order chi connectivity index (χ1) is 14.6. The van der Waals surface area contributed by atoms with Gasteiger partial charge in [0.1, 0.15) is 5.75 Å². The van der Waals surface area contributed by atoms with Gasteiger partial charge in [-0.3, -0.25) is 9.69 Å². The fourth-order valence-corrected chi connectivity index (χ4v) is 4.59. The number of ether oxygens (including phenoxy) is 1. The lowest BCUT2D eigenvalue weighted by atomic mass is 10.0. The Morgan fingerprint density at radius 3 is 2.40 bits per heavy atom. The first-order valence-electron chi connectivity index (χ1n) is 10.1. The monoisotopic (exact) mass is 416 g/mol. The number of aliphatic imine (C=N–C) groups is 1. The number of amides is 1. The fraction of sp³-hybridized carbons (Fsp3) is 0.200. The maximum absolute atomic E-state index is 13.2. The van der Waals surface area contributed by atoms with Crippen molar-refractivity contribution in [2.24, 2.45) is 4.99 Å². The van der Waals surface area contributed by atoms with Crippen molar-refractivity contribution >= 4 is 45.4 Å². The van der Waals surface area contributed by atoms with Crippen molar-refractivity contribution in [3.8, 4) is 5.75 Å². The molecule has 0 atom stereocenters. The summed E-state index contributed by atoms with van der Waals surface area (Å²) in [5.41, 5.74) is 1.83. The van der Waals surface area contributed by atoms with E-state index in [-0.39, 0.29) is 11.9 Å². The smallest absolute Gasteiger partial charge is 0.266 e. The van der Waals surface area contributed by atoms with Crippen LogP contribution in [0.4, 0.5) is 5.69 Å². The maximum Gasteiger partial charge on any atom is 0.266 e. The second kappa shape index (κ2) is 8.76. The van der Waals surface area contributed by atoms with Crippen LogP contribution in [0.2, 0.25) is 0 Å². The standard InChI is InChI=1S/C25H24N2O2S/c1-4-29-22-15-14-18(20-12-8-9-13-21(20)22)16-23-24(28)27(17(2)3)25(30-23)26-19-10-6-5-7-11-19/h5-17H,4H2,1-3H3/b23-16+,26-25?. The summed E-state index contributed by atoms with van der Waals surface area (Å²) in [6.45, 7) is 6.61. The summed E-state index contributed by atoms with van der Waals surface area (Å²) in [7, 11) is 0.